The van der Waals surface area contributed by atoms with Crippen molar-refractivity contribution in [2.45, 2.75) is 4.90 Å². The van der Waals surface area contributed by atoms with E-state index in [1.54, 1.807) is 11.4 Å². The third kappa shape index (κ3) is 1.37. The van der Waals surface area contributed by atoms with Crippen LogP contribution >= 0.6 is 35.6 Å². The fraction of sp³-hybridized carbons (Fsp3) is 0. The van der Waals surface area contributed by atoms with Gasteiger partial charge in [-0.15, -0.1) is 24.0 Å². The summed E-state index contributed by atoms with van der Waals surface area (Å²) in [5.74, 6) is 0. The average Bonchev–Trinajstić information content (AvgIpc) is 2.49. The molecule has 2 aromatic rings. The van der Waals surface area contributed by atoms with E-state index in [2.05, 4.69) is 12.6 Å². The van der Waals surface area contributed by atoms with Crippen molar-refractivity contribution in [3.05, 3.63) is 32.6 Å². The van der Waals surface area contributed by atoms with Gasteiger partial charge in [0.05, 0.1) is 9.95 Å². The summed E-state index contributed by atoms with van der Waals surface area (Å²) in [5, 5.41) is 13.5. The lowest BCUT2D eigenvalue weighted by atomic mass is 10.2. The zero-order valence-corrected chi connectivity index (χ0v) is 9.20. The highest BCUT2D eigenvalue weighted by Gasteiger charge is 2.16. The minimum Gasteiger partial charge on any atom is -0.258 e. The number of hydrogen-bond donors (Lipinski definition) is 1. The predicted molar refractivity (Wildman–Crippen MR) is 60.7 cm³/mol. The maximum absolute atomic E-state index is 10.7. The molecule has 2 rings (SSSR count). The fourth-order valence-electron chi connectivity index (χ4n) is 1.22. The summed E-state index contributed by atoms with van der Waals surface area (Å²) in [5.41, 5.74) is 0.0784. The van der Waals surface area contributed by atoms with Crippen molar-refractivity contribution in [3.63, 3.8) is 0 Å². The van der Waals surface area contributed by atoms with Gasteiger partial charge >= 0.3 is 0 Å². The Hall–Kier alpha value is -0.780. The van der Waals surface area contributed by atoms with Gasteiger partial charge in [0.1, 0.15) is 4.70 Å². The molecular formula is C8H4ClNO2S2. The SMILES string of the molecule is O=[N+]([O-])c1ccc(S)c2c(Cl)csc12. The molecule has 0 bridgehead atoms. The fourth-order valence-corrected chi connectivity index (χ4v) is 3.00. The number of nitro groups is 1. The van der Waals surface area contributed by atoms with Gasteiger partial charge in [0.15, 0.2) is 0 Å². The van der Waals surface area contributed by atoms with Crippen LogP contribution in [0, 0.1) is 10.1 Å². The molecule has 14 heavy (non-hydrogen) atoms. The van der Waals surface area contributed by atoms with Crippen molar-refractivity contribution in [1.29, 1.82) is 0 Å². The first-order chi connectivity index (χ1) is 6.61. The molecule has 0 spiro atoms. The Morgan fingerprint density at radius 3 is 2.86 bits per heavy atom. The maximum atomic E-state index is 10.7. The number of thiol groups is 1. The molecule has 0 saturated heterocycles. The first-order valence-corrected chi connectivity index (χ1v) is 5.35. The van der Waals surface area contributed by atoms with E-state index >= 15 is 0 Å². The molecule has 0 aliphatic carbocycles. The molecule has 0 radical (unpaired) electrons. The van der Waals surface area contributed by atoms with Crippen LogP contribution < -0.4 is 0 Å². The molecule has 0 aliphatic rings. The van der Waals surface area contributed by atoms with Crippen molar-refractivity contribution in [2.75, 3.05) is 0 Å². The molecule has 1 heterocycles. The van der Waals surface area contributed by atoms with Crippen LogP contribution in [0.4, 0.5) is 5.69 Å². The van der Waals surface area contributed by atoms with Gasteiger partial charge < -0.3 is 0 Å². The van der Waals surface area contributed by atoms with E-state index in [0.29, 0.717) is 20.0 Å². The Morgan fingerprint density at radius 2 is 2.21 bits per heavy atom. The van der Waals surface area contributed by atoms with E-state index in [9.17, 15) is 10.1 Å². The van der Waals surface area contributed by atoms with Crippen LogP contribution in [0.1, 0.15) is 0 Å². The second-order valence-electron chi connectivity index (χ2n) is 2.65. The number of nitro benzene ring substituents is 1. The third-order valence-electron chi connectivity index (χ3n) is 1.83. The van der Waals surface area contributed by atoms with Gasteiger partial charge in [-0.05, 0) is 6.07 Å². The summed E-state index contributed by atoms with van der Waals surface area (Å²) in [7, 11) is 0. The number of thiophene rings is 1. The smallest absolute Gasteiger partial charge is 0.258 e. The molecule has 0 saturated carbocycles. The van der Waals surface area contributed by atoms with Crippen molar-refractivity contribution in [1.82, 2.24) is 0 Å². The minimum atomic E-state index is -0.414. The van der Waals surface area contributed by atoms with Crippen molar-refractivity contribution >= 4 is 51.3 Å². The van der Waals surface area contributed by atoms with Gasteiger partial charge in [0, 0.05) is 21.7 Å². The van der Waals surface area contributed by atoms with Crippen molar-refractivity contribution in [3.8, 4) is 0 Å². The summed E-state index contributed by atoms with van der Waals surface area (Å²) in [6.45, 7) is 0. The lowest BCUT2D eigenvalue weighted by Crippen LogP contribution is -1.87. The van der Waals surface area contributed by atoms with E-state index in [1.807, 2.05) is 0 Å². The number of hydrogen-bond acceptors (Lipinski definition) is 4. The molecule has 0 amide bonds. The normalized spacial score (nSPS) is 10.7. The standard InChI is InChI=1S/C8H4ClNO2S2/c9-4-3-14-8-5(10(11)12)1-2-6(13)7(4)8/h1-3,13H. The van der Waals surface area contributed by atoms with Gasteiger partial charge in [-0.1, -0.05) is 11.6 Å². The van der Waals surface area contributed by atoms with E-state index in [4.69, 9.17) is 11.6 Å². The first kappa shape index (κ1) is 9.76. The van der Waals surface area contributed by atoms with Gasteiger partial charge in [-0.3, -0.25) is 10.1 Å². The summed E-state index contributed by atoms with van der Waals surface area (Å²) in [6.07, 6.45) is 0. The van der Waals surface area contributed by atoms with Crippen LogP contribution in [0.5, 0.6) is 0 Å². The first-order valence-electron chi connectivity index (χ1n) is 3.64. The second kappa shape index (κ2) is 3.42. The molecule has 1 aromatic carbocycles. The Bertz CT molecular complexity index is 523. The summed E-state index contributed by atoms with van der Waals surface area (Å²) >= 11 is 11.4. The lowest BCUT2D eigenvalue weighted by Gasteiger charge is -1.97. The Balaban J connectivity index is 2.90. The Labute approximate surface area is 93.9 Å². The highest BCUT2D eigenvalue weighted by Crippen LogP contribution is 2.39. The largest absolute Gasteiger partial charge is 0.287 e. The van der Waals surface area contributed by atoms with Crippen LogP contribution in [0.15, 0.2) is 22.4 Å². The molecule has 0 unspecified atom stereocenters. The van der Waals surface area contributed by atoms with Crippen LogP contribution in [0.2, 0.25) is 5.02 Å². The van der Waals surface area contributed by atoms with Crippen LogP contribution in [0.25, 0.3) is 10.1 Å². The summed E-state index contributed by atoms with van der Waals surface area (Å²) < 4.78 is 0.576. The highest BCUT2D eigenvalue weighted by molar-refractivity contribution is 7.80. The zero-order valence-electron chi connectivity index (χ0n) is 6.73. The molecule has 0 atom stereocenters. The van der Waals surface area contributed by atoms with Crippen LogP contribution in [-0.4, -0.2) is 4.92 Å². The number of non-ortho nitro benzene ring substituents is 1. The topological polar surface area (TPSA) is 43.1 Å². The zero-order chi connectivity index (χ0) is 10.3. The lowest BCUT2D eigenvalue weighted by molar-refractivity contribution is -0.382. The number of nitrogens with zero attached hydrogens (tertiary/aromatic N) is 1. The molecule has 0 fully saturated rings. The number of halogens is 1. The minimum absolute atomic E-state index is 0.0784. The Morgan fingerprint density at radius 1 is 1.50 bits per heavy atom. The highest BCUT2D eigenvalue weighted by atomic mass is 35.5. The molecule has 72 valence electrons. The molecule has 6 heteroatoms. The molecule has 1 aromatic heterocycles. The maximum Gasteiger partial charge on any atom is 0.287 e. The second-order valence-corrected chi connectivity index (χ2v) is 4.42. The van der Waals surface area contributed by atoms with Crippen molar-refractivity contribution in [2.24, 2.45) is 0 Å². The van der Waals surface area contributed by atoms with Crippen molar-refractivity contribution < 1.29 is 4.92 Å². The quantitative estimate of drug-likeness (QED) is 0.472. The Kier molecular flexibility index (Phi) is 2.38. The molecule has 0 aliphatic heterocycles. The van der Waals surface area contributed by atoms with Crippen LogP contribution in [-0.2, 0) is 0 Å². The summed E-state index contributed by atoms with van der Waals surface area (Å²) in [4.78, 5) is 10.9. The summed E-state index contributed by atoms with van der Waals surface area (Å²) in [6, 6.07) is 3.03. The number of rotatable bonds is 1. The third-order valence-corrected chi connectivity index (χ3v) is 3.63. The van der Waals surface area contributed by atoms with E-state index in [1.165, 1.54) is 17.4 Å². The van der Waals surface area contributed by atoms with E-state index in [-0.39, 0.29) is 5.69 Å². The predicted octanol–water partition coefficient (Wildman–Crippen LogP) is 3.75. The average molecular weight is 246 g/mol. The van der Waals surface area contributed by atoms with Gasteiger partial charge in [0.2, 0.25) is 0 Å². The van der Waals surface area contributed by atoms with Crippen LogP contribution in [0.3, 0.4) is 0 Å². The van der Waals surface area contributed by atoms with E-state index < -0.39 is 4.92 Å². The molecule has 3 nitrogen and oxygen atoms in total. The number of fused-ring (bicyclic) bond motifs is 1. The van der Waals surface area contributed by atoms with E-state index in [0.717, 1.165) is 0 Å². The van der Waals surface area contributed by atoms with Gasteiger partial charge in [-0.2, -0.15) is 0 Å². The molecular weight excluding hydrogens is 242 g/mol. The van der Waals surface area contributed by atoms with Gasteiger partial charge in [0.25, 0.3) is 5.69 Å². The van der Waals surface area contributed by atoms with Gasteiger partial charge in [-0.25, -0.2) is 0 Å². The molecule has 0 N–H and O–H groups in total. The monoisotopic (exact) mass is 245 g/mol. The number of benzene rings is 1.